The second-order valence-corrected chi connectivity index (χ2v) is 8.67. The number of nitrogen functional groups attached to an aromatic ring is 1. The Kier molecular flexibility index (Phi) is 7.14. The Balaban J connectivity index is 1.47. The van der Waals surface area contributed by atoms with Gasteiger partial charge >= 0.3 is 0 Å². The van der Waals surface area contributed by atoms with Gasteiger partial charge in [0, 0.05) is 31.9 Å². The highest BCUT2D eigenvalue weighted by molar-refractivity contribution is 7.99. The van der Waals surface area contributed by atoms with Crippen LogP contribution in [0.1, 0.15) is 25.2 Å². The number of carbonyl (C=O) groups excluding carboxylic acids is 1. The van der Waals surface area contributed by atoms with Crippen molar-refractivity contribution in [2.24, 2.45) is 5.92 Å². The van der Waals surface area contributed by atoms with Crippen LogP contribution in [0.2, 0.25) is 0 Å². The lowest BCUT2D eigenvalue weighted by molar-refractivity contribution is -0.119. The Morgan fingerprint density at radius 2 is 2.21 bits per heavy atom. The quantitative estimate of drug-likeness (QED) is 0.463. The van der Waals surface area contributed by atoms with Crippen LogP contribution in [-0.2, 0) is 9.53 Å². The molecule has 10 nitrogen and oxygen atoms in total. The molecule has 2 aromatic rings. The normalized spacial score (nSPS) is 17.8. The predicted molar refractivity (Wildman–Crippen MR) is 112 cm³/mol. The Bertz CT molecular complexity index is 834. The predicted octanol–water partition coefficient (Wildman–Crippen LogP) is 0.360. The summed E-state index contributed by atoms with van der Waals surface area (Å²) in [5, 5.41) is 15.9. The fraction of sp³-hybridized carbons (Fsp3) is 0.667. The van der Waals surface area contributed by atoms with Gasteiger partial charge < -0.3 is 15.9 Å². The van der Waals surface area contributed by atoms with Gasteiger partial charge in [-0.1, -0.05) is 25.6 Å². The zero-order chi connectivity index (χ0) is 21.0. The average molecular weight is 423 g/mol. The molecule has 29 heavy (non-hydrogen) atoms. The number of hydrogen-bond acceptors (Lipinski definition) is 8. The van der Waals surface area contributed by atoms with Crippen molar-refractivity contribution in [3.05, 3.63) is 17.5 Å². The van der Waals surface area contributed by atoms with Gasteiger partial charge in [0.25, 0.3) is 5.95 Å². The molecule has 1 aliphatic heterocycles. The van der Waals surface area contributed by atoms with Crippen LogP contribution in [0.3, 0.4) is 0 Å². The van der Waals surface area contributed by atoms with E-state index in [1.54, 1.807) is 4.68 Å². The van der Waals surface area contributed by atoms with Crippen LogP contribution in [0, 0.1) is 19.8 Å². The molecule has 0 saturated carbocycles. The first-order chi connectivity index (χ1) is 13.8. The maximum atomic E-state index is 12.2. The number of rotatable bonds is 8. The molecule has 0 aliphatic carbocycles. The number of aryl methyl sites for hydroxylation is 2. The first-order valence-corrected chi connectivity index (χ1v) is 10.8. The van der Waals surface area contributed by atoms with Crippen LogP contribution >= 0.6 is 11.8 Å². The van der Waals surface area contributed by atoms with E-state index in [1.807, 2.05) is 19.9 Å². The molecule has 1 saturated heterocycles. The van der Waals surface area contributed by atoms with Gasteiger partial charge in [0.15, 0.2) is 0 Å². The van der Waals surface area contributed by atoms with Crippen molar-refractivity contribution in [1.82, 2.24) is 34.9 Å². The van der Waals surface area contributed by atoms with E-state index in [2.05, 4.69) is 39.4 Å². The van der Waals surface area contributed by atoms with Crippen LogP contribution in [-0.4, -0.2) is 80.1 Å². The number of ether oxygens (including phenoxy) is 1. The molecule has 0 radical (unpaired) electrons. The number of amides is 1. The Morgan fingerprint density at radius 3 is 2.90 bits per heavy atom. The van der Waals surface area contributed by atoms with E-state index in [4.69, 9.17) is 10.6 Å². The minimum atomic E-state index is -0.0877. The third-order valence-corrected chi connectivity index (χ3v) is 5.49. The molecule has 3 heterocycles. The van der Waals surface area contributed by atoms with Gasteiger partial charge in [-0.3, -0.25) is 9.69 Å². The standard InChI is InChI=1S/C18H30N8O2S/c1-12(2)9-24-5-6-28-15(10-24)8-20-16(27)11-29-18-22-21-17(25(18)19)26-14(4)7-13(3)23-26/h7,12,15H,5-6,8-11,19H2,1-4H3,(H,20,27). The lowest BCUT2D eigenvalue weighted by Crippen LogP contribution is -2.48. The number of aromatic nitrogens is 5. The average Bonchev–Trinajstić information content (AvgIpc) is 3.19. The van der Waals surface area contributed by atoms with E-state index in [0.29, 0.717) is 30.2 Å². The molecule has 1 unspecified atom stereocenters. The van der Waals surface area contributed by atoms with Crippen LogP contribution in [0.25, 0.3) is 5.95 Å². The van der Waals surface area contributed by atoms with E-state index in [0.717, 1.165) is 31.0 Å². The summed E-state index contributed by atoms with van der Waals surface area (Å²) < 4.78 is 8.76. The van der Waals surface area contributed by atoms with Gasteiger partial charge in [-0.05, 0) is 25.8 Å². The van der Waals surface area contributed by atoms with E-state index >= 15 is 0 Å². The summed E-state index contributed by atoms with van der Waals surface area (Å²) in [6.07, 6.45) is 0.0206. The van der Waals surface area contributed by atoms with Crippen LogP contribution in [0.15, 0.2) is 11.2 Å². The molecule has 1 fully saturated rings. The third-order valence-electron chi connectivity index (χ3n) is 4.55. The number of nitrogens with zero attached hydrogens (tertiary/aromatic N) is 6. The maximum Gasteiger partial charge on any atom is 0.271 e. The highest BCUT2D eigenvalue weighted by Gasteiger charge is 2.22. The largest absolute Gasteiger partial charge is 0.374 e. The monoisotopic (exact) mass is 422 g/mol. The second-order valence-electron chi connectivity index (χ2n) is 7.73. The molecule has 3 N–H and O–H groups in total. The Hall–Kier alpha value is -2.11. The summed E-state index contributed by atoms with van der Waals surface area (Å²) in [5.74, 6) is 7.25. The highest BCUT2D eigenvalue weighted by atomic mass is 32.2. The Labute approximate surface area is 175 Å². The fourth-order valence-corrected chi connectivity index (χ4v) is 4.02. The second kappa shape index (κ2) is 9.59. The zero-order valence-electron chi connectivity index (χ0n) is 17.5. The van der Waals surface area contributed by atoms with Crippen molar-refractivity contribution in [1.29, 1.82) is 0 Å². The van der Waals surface area contributed by atoms with Crippen molar-refractivity contribution in [3.8, 4) is 5.95 Å². The van der Waals surface area contributed by atoms with E-state index in [1.165, 1.54) is 16.4 Å². The van der Waals surface area contributed by atoms with Crippen LogP contribution < -0.4 is 11.2 Å². The maximum absolute atomic E-state index is 12.2. The van der Waals surface area contributed by atoms with E-state index in [9.17, 15) is 4.79 Å². The molecule has 0 bridgehead atoms. The molecular weight excluding hydrogens is 392 g/mol. The van der Waals surface area contributed by atoms with Crippen LogP contribution in [0.4, 0.5) is 0 Å². The molecule has 0 spiro atoms. The van der Waals surface area contributed by atoms with Gasteiger partial charge in [0.05, 0.1) is 24.2 Å². The number of carbonyl (C=O) groups is 1. The SMILES string of the molecule is Cc1cc(C)n(-c2nnc(SCC(=O)NCC3CN(CC(C)C)CCO3)n2N)n1. The lowest BCUT2D eigenvalue weighted by Gasteiger charge is -2.33. The number of hydrogen-bond donors (Lipinski definition) is 2. The molecule has 0 aromatic carbocycles. The van der Waals surface area contributed by atoms with E-state index in [-0.39, 0.29) is 17.8 Å². The fourth-order valence-electron chi connectivity index (χ4n) is 3.34. The highest BCUT2D eigenvalue weighted by Crippen LogP contribution is 2.17. The molecule has 160 valence electrons. The minimum Gasteiger partial charge on any atom is -0.374 e. The third kappa shape index (κ3) is 5.71. The Morgan fingerprint density at radius 1 is 1.41 bits per heavy atom. The summed E-state index contributed by atoms with van der Waals surface area (Å²) in [7, 11) is 0. The molecule has 11 heteroatoms. The van der Waals surface area contributed by atoms with Gasteiger partial charge in [0.2, 0.25) is 11.1 Å². The van der Waals surface area contributed by atoms with Gasteiger partial charge in [-0.25, -0.2) is 9.36 Å². The molecular formula is C18H30N8O2S. The molecule has 3 rings (SSSR count). The van der Waals surface area contributed by atoms with Crippen molar-refractivity contribution in [2.75, 3.05) is 44.4 Å². The zero-order valence-corrected chi connectivity index (χ0v) is 18.3. The molecule has 1 atom stereocenters. The van der Waals surface area contributed by atoms with Crippen molar-refractivity contribution in [2.45, 2.75) is 39.0 Å². The smallest absolute Gasteiger partial charge is 0.271 e. The first kappa shape index (κ1) is 21.6. The van der Waals surface area contributed by atoms with E-state index < -0.39 is 0 Å². The van der Waals surface area contributed by atoms with Crippen molar-refractivity contribution in [3.63, 3.8) is 0 Å². The number of thioether (sulfide) groups is 1. The molecule has 2 aromatic heterocycles. The summed E-state index contributed by atoms with van der Waals surface area (Å²) in [6, 6.07) is 1.94. The van der Waals surface area contributed by atoms with Crippen molar-refractivity contribution >= 4 is 17.7 Å². The van der Waals surface area contributed by atoms with Gasteiger partial charge in [-0.15, -0.1) is 10.2 Å². The molecule has 1 aliphatic rings. The summed E-state index contributed by atoms with van der Waals surface area (Å²) in [5.41, 5.74) is 1.78. The number of morpholine rings is 1. The number of nitrogens with two attached hydrogens (primary N) is 1. The van der Waals surface area contributed by atoms with Gasteiger partial charge in [0.1, 0.15) is 0 Å². The summed E-state index contributed by atoms with van der Waals surface area (Å²) in [4.78, 5) is 14.6. The lowest BCUT2D eigenvalue weighted by atomic mass is 10.2. The number of nitrogens with one attached hydrogen (secondary N) is 1. The topological polar surface area (TPSA) is 116 Å². The van der Waals surface area contributed by atoms with Gasteiger partial charge in [-0.2, -0.15) is 5.10 Å². The van der Waals surface area contributed by atoms with Crippen molar-refractivity contribution < 1.29 is 9.53 Å². The summed E-state index contributed by atoms with van der Waals surface area (Å²) in [6.45, 7) is 12.3. The summed E-state index contributed by atoms with van der Waals surface area (Å²) >= 11 is 1.24. The first-order valence-electron chi connectivity index (χ1n) is 9.81. The van der Waals surface area contributed by atoms with Crippen LogP contribution in [0.5, 0.6) is 0 Å². The molecule has 1 amide bonds. The minimum absolute atomic E-state index is 0.0206.